The number of carbonyl (C=O) groups is 2. The predicted octanol–water partition coefficient (Wildman–Crippen LogP) is 4.06. The van der Waals surface area contributed by atoms with E-state index in [1.807, 2.05) is 19.9 Å². The first-order valence-corrected chi connectivity index (χ1v) is 7.44. The summed E-state index contributed by atoms with van der Waals surface area (Å²) in [5.74, 6) is -0.825. The van der Waals surface area contributed by atoms with E-state index in [2.05, 4.69) is 5.32 Å². The number of nitrogens with one attached hydrogen (secondary N) is 1. The van der Waals surface area contributed by atoms with Gasteiger partial charge in [0.05, 0.1) is 23.4 Å². The average Bonchev–Trinajstić information content (AvgIpc) is 2.82. The number of hydrogen-bond donors (Lipinski definition) is 1. The Morgan fingerprint density at radius 2 is 1.95 bits per heavy atom. The highest BCUT2D eigenvalue weighted by molar-refractivity contribution is 7.12. The maximum absolute atomic E-state index is 12.4. The molecule has 2 aromatic rings. The maximum atomic E-state index is 12.4. The van der Waals surface area contributed by atoms with Crippen molar-refractivity contribution in [2.45, 2.75) is 13.8 Å². The van der Waals surface area contributed by atoms with Gasteiger partial charge in [-0.1, -0.05) is 23.7 Å². The molecule has 1 amide bonds. The summed E-state index contributed by atoms with van der Waals surface area (Å²) in [4.78, 5) is 24.4. The SMILES string of the molecule is COC(=O)c1scc(C)c1NC(=O)c1cccc(C)c1Cl. The van der Waals surface area contributed by atoms with E-state index in [1.165, 1.54) is 18.4 Å². The summed E-state index contributed by atoms with van der Waals surface area (Å²) in [6.45, 7) is 3.64. The second kappa shape index (κ2) is 6.28. The lowest BCUT2D eigenvalue weighted by Gasteiger charge is -2.09. The summed E-state index contributed by atoms with van der Waals surface area (Å²) in [5.41, 5.74) is 2.46. The molecule has 0 radical (unpaired) electrons. The molecule has 1 aromatic carbocycles. The number of anilines is 1. The molecule has 1 heterocycles. The second-order valence-corrected chi connectivity index (χ2v) is 5.76. The van der Waals surface area contributed by atoms with Gasteiger partial charge in [-0.3, -0.25) is 4.79 Å². The van der Waals surface area contributed by atoms with E-state index >= 15 is 0 Å². The number of methoxy groups -OCH3 is 1. The second-order valence-electron chi connectivity index (χ2n) is 4.50. The summed E-state index contributed by atoms with van der Waals surface area (Å²) >= 11 is 7.38. The number of amides is 1. The van der Waals surface area contributed by atoms with E-state index in [9.17, 15) is 9.59 Å². The van der Waals surface area contributed by atoms with Gasteiger partial charge in [0.25, 0.3) is 5.91 Å². The molecule has 6 heteroatoms. The molecule has 0 saturated carbocycles. The number of thiophene rings is 1. The number of halogens is 1. The summed E-state index contributed by atoms with van der Waals surface area (Å²) < 4.78 is 4.71. The molecular formula is C15H14ClNO3S. The van der Waals surface area contributed by atoms with Crippen LogP contribution >= 0.6 is 22.9 Å². The Hall–Kier alpha value is -1.85. The van der Waals surface area contributed by atoms with Crippen molar-refractivity contribution < 1.29 is 14.3 Å². The van der Waals surface area contributed by atoms with Crippen molar-refractivity contribution >= 4 is 40.5 Å². The van der Waals surface area contributed by atoms with Gasteiger partial charge in [-0.25, -0.2) is 4.79 Å². The molecular weight excluding hydrogens is 310 g/mol. The molecule has 4 nitrogen and oxygen atoms in total. The lowest BCUT2D eigenvalue weighted by Crippen LogP contribution is -2.15. The summed E-state index contributed by atoms with van der Waals surface area (Å²) in [6.07, 6.45) is 0. The maximum Gasteiger partial charge on any atom is 0.350 e. The van der Waals surface area contributed by atoms with Gasteiger partial charge in [0, 0.05) is 0 Å². The Morgan fingerprint density at radius 3 is 2.62 bits per heavy atom. The zero-order valence-electron chi connectivity index (χ0n) is 11.8. The number of ether oxygens (including phenoxy) is 1. The summed E-state index contributed by atoms with van der Waals surface area (Å²) in [5, 5.41) is 4.94. The van der Waals surface area contributed by atoms with E-state index < -0.39 is 5.97 Å². The van der Waals surface area contributed by atoms with Gasteiger partial charge >= 0.3 is 5.97 Å². The van der Waals surface area contributed by atoms with Crippen LogP contribution in [0.15, 0.2) is 23.6 Å². The minimum atomic E-state index is -0.473. The van der Waals surface area contributed by atoms with E-state index in [-0.39, 0.29) is 5.91 Å². The summed E-state index contributed by atoms with van der Waals surface area (Å²) in [7, 11) is 1.31. The van der Waals surface area contributed by atoms with Crippen LogP contribution in [0, 0.1) is 13.8 Å². The van der Waals surface area contributed by atoms with Crippen LogP contribution in [0.2, 0.25) is 5.02 Å². The predicted molar refractivity (Wildman–Crippen MR) is 84.5 cm³/mol. The Kier molecular flexibility index (Phi) is 4.65. The number of benzene rings is 1. The molecule has 0 aliphatic rings. The Balaban J connectivity index is 2.34. The third kappa shape index (κ3) is 3.09. The van der Waals surface area contributed by atoms with E-state index in [0.29, 0.717) is 21.2 Å². The third-order valence-electron chi connectivity index (χ3n) is 3.02. The molecule has 1 N–H and O–H groups in total. The van der Waals surface area contributed by atoms with Gasteiger partial charge in [0.1, 0.15) is 4.88 Å². The third-order valence-corrected chi connectivity index (χ3v) is 4.60. The molecule has 0 fully saturated rings. The lowest BCUT2D eigenvalue weighted by molar-refractivity contribution is 0.0607. The average molecular weight is 324 g/mol. The highest BCUT2D eigenvalue weighted by Gasteiger charge is 2.20. The molecule has 1 aromatic heterocycles. The van der Waals surface area contributed by atoms with Crippen molar-refractivity contribution in [1.29, 1.82) is 0 Å². The zero-order chi connectivity index (χ0) is 15.6. The minimum Gasteiger partial charge on any atom is -0.465 e. The fourth-order valence-corrected chi connectivity index (χ4v) is 2.98. The lowest BCUT2D eigenvalue weighted by atomic mass is 10.1. The van der Waals surface area contributed by atoms with Crippen molar-refractivity contribution in [3.05, 3.63) is 50.2 Å². The van der Waals surface area contributed by atoms with Crippen molar-refractivity contribution in [1.82, 2.24) is 0 Å². The number of esters is 1. The van der Waals surface area contributed by atoms with Gasteiger partial charge in [0.15, 0.2) is 0 Å². The Labute approximate surface area is 131 Å². The molecule has 2 rings (SSSR count). The largest absolute Gasteiger partial charge is 0.465 e. The van der Waals surface area contributed by atoms with Gasteiger partial charge < -0.3 is 10.1 Å². The van der Waals surface area contributed by atoms with Gasteiger partial charge in [-0.2, -0.15) is 0 Å². The van der Waals surface area contributed by atoms with Crippen LogP contribution in [0.25, 0.3) is 0 Å². The highest BCUT2D eigenvalue weighted by atomic mass is 35.5. The Bertz CT molecular complexity index is 709. The number of aryl methyl sites for hydroxylation is 2. The van der Waals surface area contributed by atoms with Gasteiger partial charge in [-0.05, 0) is 36.4 Å². The normalized spacial score (nSPS) is 10.3. The topological polar surface area (TPSA) is 55.4 Å². The Morgan fingerprint density at radius 1 is 1.24 bits per heavy atom. The molecule has 0 spiro atoms. The highest BCUT2D eigenvalue weighted by Crippen LogP contribution is 2.29. The van der Waals surface area contributed by atoms with Crippen molar-refractivity contribution in [2.75, 3.05) is 12.4 Å². The molecule has 110 valence electrons. The van der Waals surface area contributed by atoms with Crippen LogP contribution in [0.4, 0.5) is 5.69 Å². The van der Waals surface area contributed by atoms with Crippen molar-refractivity contribution in [2.24, 2.45) is 0 Å². The first-order chi connectivity index (χ1) is 9.95. The standard InChI is InChI=1S/C15H14ClNO3S/c1-8-5-4-6-10(11(8)16)14(18)17-12-9(2)7-21-13(12)15(19)20-3/h4-7H,1-3H3,(H,17,18). The first-order valence-electron chi connectivity index (χ1n) is 6.18. The first kappa shape index (κ1) is 15.5. The van der Waals surface area contributed by atoms with E-state index in [4.69, 9.17) is 16.3 Å². The molecule has 0 bridgehead atoms. The molecule has 21 heavy (non-hydrogen) atoms. The smallest absolute Gasteiger partial charge is 0.350 e. The number of carbonyl (C=O) groups excluding carboxylic acids is 2. The van der Waals surface area contributed by atoms with Crippen LogP contribution in [0.1, 0.15) is 31.2 Å². The fourth-order valence-electron chi connectivity index (χ4n) is 1.85. The van der Waals surface area contributed by atoms with Crippen LogP contribution < -0.4 is 5.32 Å². The zero-order valence-corrected chi connectivity index (χ0v) is 13.4. The summed E-state index contributed by atoms with van der Waals surface area (Å²) in [6, 6.07) is 5.23. The number of hydrogen-bond acceptors (Lipinski definition) is 4. The van der Waals surface area contributed by atoms with Crippen LogP contribution in [0.5, 0.6) is 0 Å². The molecule has 0 atom stereocenters. The number of rotatable bonds is 3. The minimum absolute atomic E-state index is 0.352. The van der Waals surface area contributed by atoms with Crippen molar-refractivity contribution in [3.8, 4) is 0 Å². The van der Waals surface area contributed by atoms with Crippen LogP contribution in [-0.2, 0) is 4.74 Å². The molecule has 0 aliphatic heterocycles. The van der Waals surface area contributed by atoms with E-state index in [1.54, 1.807) is 17.5 Å². The molecule has 0 saturated heterocycles. The van der Waals surface area contributed by atoms with E-state index in [0.717, 1.165) is 11.1 Å². The molecule has 0 unspecified atom stereocenters. The fraction of sp³-hybridized carbons (Fsp3) is 0.200. The quantitative estimate of drug-likeness (QED) is 0.867. The molecule has 0 aliphatic carbocycles. The monoisotopic (exact) mass is 323 g/mol. The van der Waals surface area contributed by atoms with Gasteiger partial charge in [-0.15, -0.1) is 11.3 Å². The van der Waals surface area contributed by atoms with Crippen LogP contribution in [-0.4, -0.2) is 19.0 Å². The van der Waals surface area contributed by atoms with Crippen molar-refractivity contribution in [3.63, 3.8) is 0 Å². The van der Waals surface area contributed by atoms with Gasteiger partial charge in [0.2, 0.25) is 0 Å². The van der Waals surface area contributed by atoms with Crippen LogP contribution in [0.3, 0.4) is 0 Å².